The third-order valence-corrected chi connectivity index (χ3v) is 8.25. The highest BCUT2D eigenvalue weighted by Crippen LogP contribution is 2.35. The molecule has 0 saturated carbocycles. The summed E-state index contributed by atoms with van der Waals surface area (Å²) >= 11 is 0. The van der Waals surface area contributed by atoms with E-state index in [1.807, 2.05) is 12.1 Å². The minimum absolute atomic E-state index is 0.0861. The summed E-state index contributed by atoms with van der Waals surface area (Å²) in [5.74, 6) is -0.583. The molecular weight excluding hydrogens is 525 g/mol. The van der Waals surface area contributed by atoms with E-state index in [-0.39, 0.29) is 23.8 Å². The molecule has 1 spiro atoms. The van der Waals surface area contributed by atoms with Crippen molar-refractivity contribution < 1.29 is 32.3 Å². The smallest absolute Gasteiger partial charge is 0.416 e. The lowest BCUT2D eigenvalue weighted by Crippen LogP contribution is -2.46. The van der Waals surface area contributed by atoms with Gasteiger partial charge in [0, 0.05) is 63.6 Å². The van der Waals surface area contributed by atoms with E-state index < -0.39 is 17.3 Å². The van der Waals surface area contributed by atoms with E-state index in [1.54, 1.807) is 21.9 Å². The normalized spacial score (nSPS) is 20.1. The van der Waals surface area contributed by atoms with Gasteiger partial charge in [0.1, 0.15) is 5.60 Å². The molecular formula is C29H33F3N4O4. The fraction of sp³-hybridized carbons (Fsp3) is 0.483. The van der Waals surface area contributed by atoms with Gasteiger partial charge in [0.15, 0.2) is 0 Å². The second-order valence-electron chi connectivity index (χ2n) is 11.0. The molecule has 0 aromatic heterocycles. The van der Waals surface area contributed by atoms with Crippen molar-refractivity contribution in [2.75, 3.05) is 32.7 Å². The quantitative estimate of drug-likeness (QED) is 0.578. The van der Waals surface area contributed by atoms with Crippen LogP contribution in [-0.2, 0) is 28.8 Å². The van der Waals surface area contributed by atoms with E-state index >= 15 is 0 Å². The van der Waals surface area contributed by atoms with Crippen LogP contribution in [0.3, 0.4) is 0 Å². The Morgan fingerprint density at radius 2 is 1.48 bits per heavy atom. The van der Waals surface area contributed by atoms with Crippen LogP contribution in [0.25, 0.3) is 0 Å². The first-order valence-corrected chi connectivity index (χ1v) is 13.6. The standard InChI is InChI=1S/C29H33F3N4O4/c30-29(31,32)24-7-3-20(4-8-24)17-34-15-11-28(12-16-34)19-36(27(39)40-28)18-21-1-5-23(6-2-21)26(38)35-13-9-22(10-14-35)25(33)37/h1-8,22H,9-19H2,(H2,33,37). The number of carbonyl (C=O) groups excluding carboxylic acids is 3. The zero-order valence-corrected chi connectivity index (χ0v) is 22.2. The lowest BCUT2D eigenvalue weighted by molar-refractivity contribution is -0.137. The number of primary amides is 1. The Hall–Kier alpha value is -3.60. The third-order valence-electron chi connectivity index (χ3n) is 8.25. The molecule has 0 aliphatic carbocycles. The summed E-state index contributed by atoms with van der Waals surface area (Å²) in [5, 5.41) is 0. The Balaban J connectivity index is 1.11. The van der Waals surface area contributed by atoms with Gasteiger partial charge in [-0.25, -0.2) is 4.79 Å². The van der Waals surface area contributed by atoms with Crippen LogP contribution in [0, 0.1) is 5.92 Å². The molecule has 40 heavy (non-hydrogen) atoms. The van der Waals surface area contributed by atoms with Crippen molar-refractivity contribution in [3.63, 3.8) is 0 Å². The highest BCUT2D eigenvalue weighted by Gasteiger charge is 2.46. The number of hydrogen-bond donors (Lipinski definition) is 1. The Bertz CT molecular complexity index is 1230. The number of alkyl halides is 3. The van der Waals surface area contributed by atoms with Crippen molar-refractivity contribution in [2.45, 2.75) is 50.6 Å². The molecule has 3 saturated heterocycles. The maximum Gasteiger partial charge on any atom is 0.416 e. The van der Waals surface area contributed by atoms with Gasteiger partial charge in [0.2, 0.25) is 5.91 Å². The molecule has 3 amide bonds. The van der Waals surface area contributed by atoms with Crippen LogP contribution in [0.1, 0.15) is 52.7 Å². The van der Waals surface area contributed by atoms with Gasteiger partial charge >= 0.3 is 12.3 Å². The van der Waals surface area contributed by atoms with Crippen molar-refractivity contribution in [3.8, 4) is 0 Å². The third kappa shape index (κ3) is 6.24. The molecule has 3 aliphatic heterocycles. The van der Waals surface area contributed by atoms with E-state index in [0.717, 1.165) is 23.3 Å². The summed E-state index contributed by atoms with van der Waals surface area (Å²) in [6.45, 7) is 3.73. The predicted octanol–water partition coefficient (Wildman–Crippen LogP) is 4.03. The predicted molar refractivity (Wildman–Crippen MR) is 140 cm³/mol. The molecule has 11 heteroatoms. The Kier molecular flexibility index (Phi) is 7.76. The highest BCUT2D eigenvalue weighted by atomic mass is 19.4. The van der Waals surface area contributed by atoms with Crippen molar-refractivity contribution in [3.05, 3.63) is 70.8 Å². The molecule has 3 aliphatic rings. The van der Waals surface area contributed by atoms with Gasteiger partial charge in [-0.2, -0.15) is 13.2 Å². The lowest BCUT2D eigenvalue weighted by Gasteiger charge is -2.37. The van der Waals surface area contributed by atoms with Crippen LogP contribution in [0.2, 0.25) is 0 Å². The van der Waals surface area contributed by atoms with Gasteiger partial charge in [0.05, 0.1) is 12.1 Å². The van der Waals surface area contributed by atoms with Crippen molar-refractivity contribution in [2.24, 2.45) is 11.7 Å². The van der Waals surface area contributed by atoms with Crippen LogP contribution < -0.4 is 5.73 Å². The van der Waals surface area contributed by atoms with Gasteiger partial charge in [-0.05, 0) is 48.2 Å². The van der Waals surface area contributed by atoms with E-state index in [9.17, 15) is 27.6 Å². The molecule has 5 rings (SSSR count). The molecule has 3 heterocycles. The van der Waals surface area contributed by atoms with Gasteiger partial charge in [-0.15, -0.1) is 0 Å². The van der Waals surface area contributed by atoms with E-state index in [1.165, 1.54) is 12.1 Å². The molecule has 2 N–H and O–H groups in total. The molecule has 0 bridgehead atoms. The van der Waals surface area contributed by atoms with Crippen LogP contribution in [0.4, 0.5) is 18.0 Å². The zero-order chi connectivity index (χ0) is 28.5. The highest BCUT2D eigenvalue weighted by molar-refractivity contribution is 5.94. The van der Waals surface area contributed by atoms with Gasteiger partial charge in [-0.3, -0.25) is 19.4 Å². The molecule has 3 fully saturated rings. The maximum atomic E-state index is 12.9. The monoisotopic (exact) mass is 558 g/mol. The summed E-state index contributed by atoms with van der Waals surface area (Å²) in [7, 11) is 0. The Morgan fingerprint density at radius 3 is 2.05 bits per heavy atom. The number of amides is 3. The molecule has 0 radical (unpaired) electrons. The Labute approximate surface area is 230 Å². The number of halogens is 3. The van der Waals surface area contributed by atoms with Crippen LogP contribution in [-0.4, -0.2) is 70.9 Å². The zero-order valence-electron chi connectivity index (χ0n) is 22.2. The van der Waals surface area contributed by atoms with Crippen molar-refractivity contribution in [1.82, 2.24) is 14.7 Å². The number of nitrogens with zero attached hydrogens (tertiary/aromatic N) is 3. The number of carbonyl (C=O) groups is 3. The summed E-state index contributed by atoms with van der Waals surface area (Å²) < 4.78 is 44.3. The molecule has 8 nitrogen and oxygen atoms in total. The number of hydrogen-bond acceptors (Lipinski definition) is 5. The number of ether oxygens (including phenoxy) is 1. The minimum Gasteiger partial charge on any atom is -0.441 e. The summed E-state index contributed by atoms with van der Waals surface area (Å²) in [6, 6.07) is 12.4. The van der Waals surface area contributed by atoms with Gasteiger partial charge in [-0.1, -0.05) is 24.3 Å². The SMILES string of the molecule is NC(=O)C1CCN(C(=O)c2ccc(CN3CC4(CCN(Cc5ccc(C(F)(F)F)cc5)CC4)OC3=O)cc2)CC1. The largest absolute Gasteiger partial charge is 0.441 e. The average Bonchev–Trinajstić information content (AvgIpc) is 3.24. The first-order chi connectivity index (χ1) is 19.0. The molecule has 0 atom stereocenters. The van der Waals surface area contributed by atoms with Gasteiger partial charge in [0.25, 0.3) is 5.91 Å². The summed E-state index contributed by atoms with van der Waals surface area (Å²) in [6.07, 6.45) is -2.27. The number of piperidine rings is 2. The van der Waals surface area contributed by atoms with Gasteiger partial charge < -0.3 is 15.4 Å². The summed E-state index contributed by atoms with van der Waals surface area (Å²) in [4.78, 5) is 42.5. The lowest BCUT2D eigenvalue weighted by atomic mass is 9.91. The number of rotatable bonds is 6. The molecule has 0 unspecified atom stereocenters. The minimum atomic E-state index is -4.35. The van der Waals surface area contributed by atoms with E-state index in [0.29, 0.717) is 77.1 Å². The van der Waals surface area contributed by atoms with Crippen LogP contribution in [0.15, 0.2) is 48.5 Å². The number of benzene rings is 2. The van der Waals surface area contributed by atoms with E-state index in [4.69, 9.17) is 10.5 Å². The first-order valence-electron chi connectivity index (χ1n) is 13.6. The van der Waals surface area contributed by atoms with E-state index in [2.05, 4.69) is 4.90 Å². The van der Waals surface area contributed by atoms with Crippen LogP contribution in [0.5, 0.6) is 0 Å². The fourth-order valence-corrected chi connectivity index (χ4v) is 5.77. The fourth-order valence-electron chi connectivity index (χ4n) is 5.77. The maximum absolute atomic E-state index is 12.9. The number of nitrogens with two attached hydrogens (primary N) is 1. The summed E-state index contributed by atoms with van der Waals surface area (Å²) in [5.41, 5.74) is 6.41. The van der Waals surface area contributed by atoms with Crippen molar-refractivity contribution in [1.29, 1.82) is 0 Å². The topological polar surface area (TPSA) is 96.2 Å². The molecule has 2 aromatic carbocycles. The molecule has 214 valence electrons. The molecule has 2 aromatic rings. The van der Waals surface area contributed by atoms with Crippen LogP contribution >= 0.6 is 0 Å². The number of likely N-dealkylation sites (tertiary alicyclic amines) is 2. The second kappa shape index (κ2) is 11.1. The van der Waals surface area contributed by atoms with Crippen molar-refractivity contribution >= 4 is 17.9 Å². The second-order valence-corrected chi connectivity index (χ2v) is 11.0. The Morgan fingerprint density at radius 1 is 0.900 bits per heavy atom. The first kappa shape index (κ1) is 27.9. The average molecular weight is 559 g/mol.